The van der Waals surface area contributed by atoms with Crippen LogP contribution in [-0.2, 0) is 11.3 Å². The Labute approximate surface area is 187 Å². The van der Waals surface area contributed by atoms with E-state index in [1.54, 1.807) is 0 Å². The largest absolute Gasteiger partial charge is 0.478 e. The number of amides is 1. The molecule has 0 aliphatic heterocycles. The predicted octanol–water partition coefficient (Wildman–Crippen LogP) is 2.78. The molecular formula is C24H20N2O7. The molecule has 0 bridgehead atoms. The minimum atomic E-state index is -1.53. The van der Waals surface area contributed by atoms with Crippen LogP contribution < -0.4 is 10.9 Å². The first kappa shape index (κ1) is 21.8. The maximum Gasteiger partial charge on any atom is 0.407 e. The van der Waals surface area contributed by atoms with Crippen molar-refractivity contribution >= 4 is 18.0 Å². The average Bonchev–Trinajstić information content (AvgIpc) is 3.12. The van der Waals surface area contributed by atoms with Gasteiger partial charge in [-0.2, -0.15) is 0 Å². The molecule has 168 valence electrons. The van der Waals surface area contributed by atoms with Gasteiger partial charge in [0.25, 0.3) is 5.56 Å². The lowest BCUT2D eigenvalue weighted by Crippen LogP contribution is -2.34. The fourth-order valence-electron chi connectivity index (χ4n) is 4.00. The number of carboxylic acid groups (broad SMARTS) is 2. The van der Waals surface area contributed by atoms with Crippen molar-refractivity contribution in [3.8, 4) is 11.1 Å². The first-order valence-corrected chi connectivity index (χ1v) is 10.2. The smallest absolute Gasteiger partial charge is 0.407 e. The normalized spacial score (nSPS) is 12.0. The Morgan fingerprint density at radius 1 is 0.939 bits per heavy atom. The molecular weight excluding hydrogens is 428 g/mol. The maximum absolute atomic E-state index is 12.2. The van der Waals surface area contributed by atoms with E-state index in [0.717, 1.165) is 39.1 Å². The molecule has 0 fully saturated rings. The maximum atomic E-state index is 12.2. The third-order valence-corrected chi connectivity index (χ3v) is 5.53. The van der Waals surface area contributed by atoms with Gasteiger partial charge in [-0.25, -0.2) is 14.4 Å². The van der Waals surface area contributed by atoms with E-state index < -0.39 is 29.2 Å². The van der Waals surface area contributed by atoms with Gasteiger partial charge in [0.15, 0.2) is 0 Å². The number of carbonyl (C=O) groups excluding carboxylic acids is 1. The van der Waals surface area contributed by atoms with Gasteiger partial charge in [0.1, 0.15) is 12.2 Å². The summed E-state index contributed by atoms with van der Waals surface area (Å²) in [7, 11) is 0. The third-order valence-electron chi connectivity index (χ3n) is 5.53. The Morgan fingerprint density at radius 2 is 1.55 bits per heavy atom. The van der Waals surface area contributed by atoms with Gasteiger partial charge >= 0.3 is 18.0 Å². The zero-order valence-corrected chi connectivity index (χ0v) is 17.4. The van der Waals surface area contributed by atoms with E-state index in [0.29, 0.717) is 0 Å². The molecule has 4 rings (SSSR count). The molecule has 9 heteroatoms. The highest BCUT2D eigenvalue weighted by Gasteiger charge is 2.29. The quantitative estimate of drug-likeness (QED) is 0.506. The summed E-state index contributed by atoms with van der Waals surface area (Å²) in [6, 6.07) is 16.7. The number of hydrogen-bond acceptors (Lipinski definition) is 5. The number of carboxylic acids is 2. The number of benzene rings is 2. The van der Waals surface area contributed by atoms with Gasteiger partial charge in [0.2, 0.25) is 0 Å². The van der Waals surface area contributed by atoms with Crippen LogP contribution in [0.4, 0.5) is 4.79 Å². The number of hydrogen-bond donors (Lipinski definition) is 3. The van der Waals surface area contributed by atoms with Crippen molar-refractivity contribution in [1.82, 2.24) is 9.88 Å². The molecule has 3 N–H and O–H groups in total. The first-order valence-electron chi connectivity index (χ1n) is 10.2. The standard InChI is InChI=1S/C24H20N2O7/c27-21-19(23(30)31)11-14(22(28)29)12-26(21)10-9-25-24(32)33-13-20-17-7-3-1-5-15(17)16-6-2-4-8-18(16)20/h1-8,11-12,20H,9-10,13H2,(H,25,32)(H,28,29)(H,30,31). The number of ether oxygens (including phenoxy) is 1. The average molecular weight is 448 g/mol. The fourth-order valence-corrected chi connectivity index (χ4v) is 4.00. The van der Waals surface area contributed by atoms with Crippen molar-refractivity contribution in [2.75, 3.05) is 13.2 Å². The van der Waals surface area contributed by atoms with Gasteiger partial charge in [0, 0.05) is 25.2 Å². The zero-order chi connectivity index (χ0) is 23.5. The molecule has 1 aromatic heterocycles. The van der Waals surface area contributed by atoms with Crippen LogP contribution in [0.5, 0.6) is 0 Å². The molecule has 2 aromatic carbocycles. The van der Waals surface area contributed by atoms with Gasteiger partial charge < -0.3 is 24.8 Å². The van der Waals surface area contributed by atoms with Gasteiger partial charge in [0.05, 0.1) is 5.56 Å². The number of fused-ring (bicyclic) bond motifs is 3. The zero-order valence-electron chi connectivity index (χ0n) is 17.4. The van der Waals surface area contributed by atoms with Crippen LogP contribution in [0, 0.1) is 0 Å². The van der Waals surface area contributed by atoms with Crippen LogP contribution in [0.25, 0.3) is 11.1 Å². The molecule has 0 saturated heterocycles. The molecule has 0 atom stereocenters. The second kappa shape index (κ2) is 8.99. The summed E-state index contributed by atoms with van der Waals surface area (Å²) in [6.45, 7) is -0.0549. The van der Waals surface area contributed by atoms with Crippen molar-refractivity contribution in [3.05, 3.63) is 93.4 Å². The predicted molar refractivity (Wildman–Crippen MR) is 118 cm³/mol. The van der Waals surface area contributed by atoms with Crippen molar-refractivity contribution < 1.29 is 29.3 Å². The van der Waals surface area contributed by atoms with E-state index in [-0.39, 0.29) is 31.2 Å². The van der Waals surface area contributed by atoms with Gasteiger partial charge in [-0.3, -0.25) is 4.79 Å². The fraction of sp³-hybridized carbons (Fsp3) is 0.167. The summed E-state index contributed by atoms with van der Waals surface area (Å²) in [4.78, 5) is 46.9. The van der Waals surface area contributed by atoms with Crippen molar-refractivity contribution in [1.29, 1.82) is 0 Å². The molecule has 0 spiro atoms. The lowest BCUT2D eigenvalue weighted by Gasteiger charge is -2.15. The van der Waals surface area contributed by atoms with Crippen LogP contribution in [0.2, 0.25) is 0 Å². The number of rotatable bonds is 7. The Balaban J connectivity index is 1.39. The van der Waals surface area contributed by atoms with Crippen LogP contribution in [0.1, 0.15) is 37.8 Å². The number of nitrogens with one attached hydrogen (secondary N) is 1. The Hall–Kier alpha value is -4.40. The molecule has 9 nitrogen and oxygen atoms in total. The summed E-state index contributed by atoms with van der Waals surface area (Å²) in [5.74, 6) is -2.99. The van der Waals surface area contributed by atoms with Crippen molar-refractivity contribution in [3.63, 3.8) is 0 Å². The number of aromatic nitrogens is 1. The van der Waals surface area contributed by atoms with E-state index in [2.05, 4.69) is 5.32 Å². The minimum absolute atomic E-state index is 0.0568. The Kier molecular flexibility index (Phi) is 5.95. The molecule has 0 unspecified atom stereocenters. The molecule has 1 amide bonds. The number of pyridine rings is 1. The minimum Gasteiger partial charge on any atom is -0.478 e. The number of nitrogens with zero attached hydrogens (tertiary/aromatic N) is 1. The van der Waals surface area contributed by atoms with E-state index in [9.17, 15) is 19.2 Å². The van der Waals surface area contributed by atoms with E-state index in [1.165, 1.54) is 0 Å². The second-order valence-electron chi connectivity index (χ2n) is 7.50. The van der Waals surface area contributed by atoms with Crippen LogP contribution in [0.15, 0.2) is 65.6 Å². The topological polar surface area (TPSA) is 135 Å². The molecule has 0 saturated carbocycles. The van der Waals surface area contributed by atoms with Gasteiger partial charge in [-0.05, 0) is 28.3 Å². The third kappa shape index (κ3) is 4.33. The highest BCUT2D eigenvalue weighted by molar-refractivity contribution is 5.93. The van der Waals surface area contributed by atoms with E-state index in [1.807, 2.05) is 48.5 Å². The van der Waals surface area contributed by atoms with Crippen LogP contribution >= 0.6 is 0 Å². The monoisotopic (exact) mass is 448 g/mol. The van der Waals surface area contributed by atoms with Crippen LogP contribution in [-0.4, -0.2) is 46.0 Å². The summed E-state index contributed by atoms with van der Waals surface area (Å²) in [6.07, 6.45) is 0.342. The molecule has 33 heavy (non-hydrogen) atoms. The number of alkyl carbamates (subject to hydrolysis) is 1. The summed E-state index contributed by atoms with van der Waals surface area (Å²) >= 11 is 0. The van der Waals surface area contributed by atoms with Gasteiger partial charge in [-0.15, -0.1) is 0 Å². The number of aromatic carboxylic acids is 2. The Morgan fingerprint density at radius 3 is 2.12 bits per heavy atom. The van der Waals surface area contributed by atoms with Gasteiger partial charge in [-0.1, -0.05) is 48.5 Å². The van der Waals surface area contributed by atoms with E-state index >= 15 is 0 Å². The molecule has 1 aliphatic carbocycles. The van der Waals surface area contributed by atoms with Crippen LogP contribution in [0.3, 0.4) is 0 Å². The molecule has 0 radical (unpaired) electrons. The number of carbonyl (C=O) groups is 3. The first-order chi connectivity index (χ1) is 15.9. The highest BCUT2D eigenvalue weighted by atomic mass is 16.5. The summed E-state index contributed by atoms with van der Waals surface area (Å²) in [5, 5.41) is 20.8. The van der Waals surface area contributed by atoms with Crippen molar-refractivity contribution in [2.24, 2.45) is 0 Å². The molecule has 3 aromatic rings. The second-order valence-corrected chi connectivity index (χ2v) is 7.50. The lowest BCUT2D eigenvalue weighted by atomic mass is 9.98. The highest BCUT2D eigenvalue weighted by Crippen LogP contribution is 2.44. The van der Waals surface area contributed by atoms with E-state index in [4.69, 9.17) is 14.9 Å². The summed E-state index contributed by atoms with van der Waals surface area (Å²) < 4.78 is 6.35. The Bertz CT molecular complexity index is 1270. The SMILES string of the molecule is O=C(NCCn1cc(C(=O)O)cc(C(=O)O)c1=O)OCC1c2ccccc2-c2ccccc21. The molecule has 1 heterocycles. The summed E-state index contributed by atoms with van der Waals surface area (Å²) in [5.41, 5.74) is 2.50. The molecule has 1 aliphatic rings. The lowest BCUT2D eigenvalue weighted by molar-refractivity contribution is 0.0693. The van der Waals surface area contributed by atoms with Crippen molar-refractivity contribution in [2.45, 2.75) is 12.5 Å².